The van der Waals surface area contributed by atoms with Crippen LogP contribution in [0.15, 0.2) is 30.3 Å². The van der Waals surface area contributed by atoms with Crippen LogP contribution < -0.4 is 73.4 Å². The first-order valence-corrected chi connectivity index (χ1v) is 4.38. The molecule has 0 radical (unpaired) electrons. The van der Waals surface area contributed by atoms with Crippen molar-refractivity contribution in [2.45, 2.75) is 6.42 Å². The molecule has 0 atom stereocenters. The van der Waals surface area contributed by atoms with Crippen molar-refractivity contribution in [2.75, 3.05) is 18.6 Å². The van der Waals surface area contributed by atoms with Crippen LogP contribution in [0.4, 0.5) is 5.69 Å². The second kappa shape index (κ2) is 7.03. The van der Waals surface area contributed by atoms with E-state index >= 15 is 0 Å². The molecule has 1 aliphatic rings. The molecule has 1 aliphatic heterocycles. The van der Waals surface area contributed by atoms with Gasteiger partial charge in [0.1, 0.15) is 0 Å². The van der Waals surface area contributed by atoms with E-state index in [0.717, 1.165) is 12.2 Å². The number of carbonyl (C=O) groups is 1. The Morgan fingerprint density at radius 1 is 1.20 bits per heavy atom. The molecule has 0 N–H and O–H groups in total. The largest absolute Gasteiger partial charge is 1.00 e. The van der Waals surface area contributed by atoms with Crippen LogP contribution in [0.1, 0.15) is 6.42 Å². The average Bonchev–Trinajstić information content (AvgIpc) is 2.49. The summed E-state index contributed by atoms with van der Waals surface area (Å²) >= 11 is 0. The zero-order valence-electron chi connectivity index (χ0n) is 8.98. The maximum absolute atomic E-state index is 11.2. The minimum absolute atomic E-state index is 0. The van der Waals surface area contributed by atoms with E-state index in [9.17, 15) is 4.79 Å². The van der Waals surface area contributed by atoms with E-state index in [2.05, 4.69) is 0 Å². The number of amides is 1. The molecule has 1 aromatic carbocycles. The Bertz CT molecular complexity index is 320. The molecule has 0 aromatic heterocycles. The van der Waals surface area contributed by atoms with Gasteiger partial charge in [-0.15, -0.1) is 0 Å². The Labute approximate surface area is 143 Å². The van der Waals surface area contributed by atoms with Crippen LogP contribution >= 0.6 is 0 Å². The van der Waals surface area contributed by atoms with Crippen LogP contribution in [-0.4, -0.2) is 24.5 Å². The van der Waals surface area contributed by atoms with Crippen LogP contribution in [-0.2, 0) is 4.79 Å². The Morgan fingerprint density at radius 3 is 2.27 bits per heavy atom. The van der Waals surface area contributed by atoms with Gasteiger partial charge in [-0.2, -0.15) is 0 Å². The fraction of sp³-hybridized carbons (Fsp3) is 0.300. The standard InChI is InChI=1S/C10H12N2O.BrH.K/c1-11-10(13)7-8-12(11)9-5-3-2-4-6-9;;/h2-6H,7-8H2,1H3;1H;/q;;+1/p-1. The molecular formula is C10H12BrKN2O. The summed E-state index contributed by atoms with van der Waals surface area (Å²) in [7, 11) is 1.81. The summed E-state index contributed by atoms with van der Waals surface area (Å²) in [6, 6.07) is 9.95. The molecular weight excluding hydrogens is 283 g/mol. The second-order valence-corrected chi connectivity index (χ2v) is 3.13. The molecule has 3 nitrogen and oxygen atoms in total. The van der Waals surface area contributed by atoms with Crippen molar-refractivity contribution >= 4 is 11.6 Å². The summed E-state index contributed by atoms with van der Waals surface area (Å²) in [6.07, 6.45) is 0.616. The summed E-state index contributed by atoms with van der Waals surface area (Å²) in [5, 5.41) is 3.66. The van der Waals surface area contributed by atoms with E-state index in [0.29, 0.717) is 6.42 Å². The maximum atomic E-state index is 11.2. The van der Waals surface area contributed by atoms with Gasteiger partial charge in [0.05, 0.1) is 5.69 Å². The van der Waals surface area contributed by atoms with Gasteiger partial charge in [-0.05, 0) is 12.1 Å². The molecule has 0 bridgehead atoms. The van der Waals surface area contributed by atoms with E-state index in [-0.39, 0.29) is 74.3 Å². The van der Waals surface area contributed by atoms with Crippen molar-refractivity contribution in [2.24, 2.45) is 0 Å². The van der Waals surface area contributed by atoms with Gasteiger partial charge >= 0.3 is 51.4 Å². The van der Waals surface area contributed by atoms with Gasteiger partial charge in [-0.3, -0.25) is 14.8 Å². The van der Waals surface area contributed by atoms with Crippen molar-refractivity contribution in [3.05, 3.63) is 30.3 Å². The minimum Gasteiger partial charge on any atom is -1.00 e. The van der Waals surface area contributed by atoms with Gasteiger partial charge in [0.15, 0.2) is 0 Å². The number of hydrogen-bond acceptors (Lipinski definition) is 2. The number of rotatable bonds is 1. The molecule has 1 fully saturated rings. The van der Waals surface area contributed by atoms with Gasteiger partial charge in [-0.1, -0.05) is 18.2 Å². The van der Waals surface area contributed by atoms with E-state index < -0.39 is 0 Å². The zero-order valence-corrected chi connectivity index (χ0v) is 13.7. The van der Waals surface area contributed by atoms with Gasteiger partial charge in [0, 0.05) is 20.0 Å². The fourth-order valence-electron chi connectivity index (χ4n) is 1.55. The SMILES string of the molecule is CN1C(=O)CCN1c1ccccc1.[Br-].[K+]. The predicted octanol–water partition coefficient (Wildman–Crippen LogP) is -4.72. The normalized spacial score (nSPS) is 14.6. The van der Waals surface area contributed by atoms with E-state index in [1.807, 2.05) is 42.4 Å². The van der Waals surface area contributed by atoms with Crippen LogP contribution in [0.2, 0.25) is 0 Å². The molecule has 0 saturated carbocycles. The zero-order chi connectivity index (χ0) is 9.26. The van der Waals surface area contributed by atoms with Gasteiger partial charge < -0.3 is 17.0 Å². The molecule has 0 unspecified atom stereocenters. The molecule has 2 rings (SSSR count). The third-order valence-electron chi connectivity index (χ3n) is 2.31. The Balaban J connectivity index is 0.000000980. The average molecular weight is 295 g/mol. The number of para-hydroxylation sites is 1. The molecule has 5 heteroatoms. The Morgan fingerprint density at radius 2 is 1.80 bits per heavy atom. The third-order valence-corrected chi connectivity index (χ3v) is 2.31. The first kappa shape index (κ1) is 15.6. The molecule has 1 heterocycles. The number of halogens is 1. The number of benzene rings is 1. The Hall–Kier alpha value is 0.606. The van der Waals surface area contributed by atoms with E-state index in [1.165, 1.54) is 0 Å². The summed E-state index contributed by atoms with van der Waals surface area (Å²) in [5.74, 6) is 0.184. The molecule has 1 aromatic rings. The number of anilines is 1. The van der Waals surface area contributed by atoms with Crippen molar-refractivity contribution in [1.82, 2.24) is 5.01 Å². The molecule has 15 heavy (non-hydrogen) atoms. The first-order valence-electron chi connectivity index (χ1n) is 4.38. The summed E-state index contributed by atoms with van der Waals surface area (Å²) < 4.78 is 0. The quantitative estimate of drug-likeness (QED) is 0.486. The summed E-state index contributed by atoms with van der Waals surface area (Å²) in [4.78, 5) is 11.2. The fourth-order valence-corrected chi connectivity index (χ4v) is 1.55. The van der Waals surface area contributed by atoms with Gasteiger partial charge in [0.2, 0.25) is 5.91 Å². The van der Waals surface area contributed by atoms with Crippen LogP contribution in [0.5, 0.6) is 0 Å². The van der Waals surface area contributed by atoms with E-state index in [1.54, 1.807) is 5.01 Å². The van der Waals surface area contributed by atoms with Crippen molar-refractivity contribution in [3.8, 4) is 0 Å². The smallest absolute Gasteiger partial charge is 1.00 e. The third kappa shape index (κ3) is 3.54. The summed E-state index contributed by atoms with van der Waals surface area (Å²) in [6.45, 7) is 0.791. The Kier molecular flexibility index (Phi) is 7.32. The maximum Gasteiger partial charge on any atom is 1.00 e. The molecule has 1 saturated heterocycles. The molecule has 0 spiro atoms. The monoisotopic (exact) mass is 294 g/mol. The van der Waals surface area contributed by atoms with Crippen molar-refractivity contribution < 1.29 is 73.2 Å². The number of carbonyl (C=O) groups excluding carboxylic acids is 1. The van der Waals surface area contributed by atoms with Gasteiger partial charge in [-0.25, -0.2) is 0 Å². The molecule has 76 valence electrons. The van der Waals surface area contributed by atoms with Crippen LogP contribution in [0, 0.1) is 0 Å². The molecule has 0 aliphatic carbocycles. The molecule has 1 amide bonds. The van der Waals surface area contributed by atoms with Crippen LogP contribution in [0.3, 0.4) is 0 Å². The van der Waals surface area contributed by atoms with E-state index in [4.69, 9.17) is 0 Å². The topological polar surface area (TPSA) is 23.6 Å². The van der Waals surface area contributed by atoms with Gasteiger partial charge in [0.25, 0.3) is 0 Å². The van der Waals surface area contributed by atoms with Crippen molar-refractivity contribution in [1.29, 1.82) is 0 Å². The number of nitrogens with zero attached hydrogens (tertiary/aromatic N) is 2. The second-order valence-electron chi connectivity index (χ2n) is 3.13. The minimum atomic E-state index is 0. The number of hydrazine groups is 1. The predicted molar refractivity (Wildman–Crippen MR) is 51.2 cm³/mol. The van der Waals surface area contributed by atoms with Crippen LogP contribution in [0.25, 0.3) is 0 Å². The summed E-state index contributed by atoms with van der Waals surface area (Å²) in [5.41, 5.74) is 1.08. The first-order chi connectivity index (χ1) is 6.29. The van der Waals surface area contributed by atoms with Crippen molar-refractivity contribution in [3.63, 3.8) is 0 Å². The number of hydrogen-bond donors (Lipinski definition) is 0.